The molecule has 13 heavy (non-hydrogen) atoms. The van der Waals surface area contributed by atoms with Crippen molar-refractivity contribution in [3.05, 3.63) is 11.8 Å². The summed E-state index contributed by atoms with van der Waals surface area (Å²) in [5.41, 5.74) is 0. The summed E-state index contributed by atoms with van der Waals surface area (Å²) >= 11 is 0. The van der Waals surface area contributed by atoms with Crippen LogP contribution in [-0.4, -0.2) is 19.7 Å². The summed E-state index contributed by atoms with van der Waals surface area (Å²) in [5.74, 6) is 1.80. The van der Waals surface area contributed by atoms with Gasteiger partial charge in [-0.2, -0.15) is 0 Å². The highest BCUT2D eigenvalue weighted by molar-refractivity contribution is 5.06. The minimum atomic E-state index is 0.408. The van der Waals surface area contributed by atoms with Gasteiger partial charge in [0, 0.05) is 0 Å². The van der Waals surface area contributed by atoms with E-state index < -0.39 is 0 Å². The lowest BCUT2D eigenvalue weighted by Crippen LogP contribution is -2.35. The highest BCUT2D eigenvalue weighted by Crippen LogP contribution is 2.20. The van der Waals surface area contributed by atoms with Crippen LogP contribution < -0.4 is 5.32 Å². The molecule has 1 aliphatic heterocycles. The van der Waals surface area contributed by atoms with Crippen LogP contribution in [0.15, 0.2) is 11.8 Å². The minimum absolute atomic E-state index is 0.408. The first-order valence-electron chi connectivity index (χ1n) is 5.29. The summed E-state index contributed by atoms with van der Waals surface area (Å²) in [6.45, 7) is 5.37. The molecule has 0 amide bonds. The molecule has 1 rings (SSSR count). The van der Waals surface area contributed by atoms with Crippen molar-refractivity contribution in [1.82, 2.24) is 5.32 Å². The molecule has 0 saturated carbocycles. The average molecular weight is 183 g/mol. The van der Waals surface area contributed by atoms with Crippen molar-refractivity contribution in [2.45, 2.75) is 39.2 Å². The molecule has 0 aliphatic carbocycles. The lowest BCUT2D eigenvalue weighted by Gasteiger charge is -2.27. The van der Waals surface area contributed by atoms with E-state index in [9.17, 15) is 0 Å². The van der Waals surface area contributed by atoms with Crippen LogP contribution in [0.25, 0.3) is 0 Å². The molecule has 0 aromatic rings. The normalized spacial score (nSPS) is 21.6. The molecular weight excluding hydrogens is 162 g/mol. The second-order valence-corrected chi connectivity index (χ2v) is 3.75. The number of hydrogen-bond donors (Lipinski definition) is 1. The van der Waals surface area contributed by atoms with Crippen LogP contribution >= 0.6 is 0 Å². The standard InChI is InChI=1S/C11H21NO/c1-4-9(2)11(12-3)10-7-5-6-8-13-10/h7,9,11-12H,4-6,8H2,1-3H3. The Labute approximate surface area is 81.4 Å². The van der Waals surface area contributed by atoms with Crippen LogP contribution in [0.1, 0.15) is 33.1 Å². The maximum atomic E-state index is 5.65. The molecule has 0 aromatic carbocycles. The zero-order valence-electron chi connectivity index (χ0n) is 8.97. The predicted molar refractivity (Wildman–Crippen MR) is 55.6 cm³/mol. The van der Waals surface area contributed by atoms with Crippen LogP contribution in [0.5, 0.6) is 0 Å². The second kappa shape index (κ2) is 5.28. The van der Waals surface area contributed by atoms with E-state index >= 15 is 0 Å². The van der Waals surface area contributed by atoms with E-state index in [-0.39, 0.29) is 0 Å². The Morgan fingerprint density at radius 3 is 2.85 bits per heavy atom. The van der Waals surface area contributed by atoms with Crippen LogP contribution in [0, 0.1) is 5.92 Å². The zero-order valence-corrected chi connectivity index (χ0v) is 8.97. The highest BCUT2D eigenvalue weighted by Gasteiger charge is 2.20. The smallest absolute Gasteiger partial charge is 0.109 e. The molecule has 2 nitrogen and oxygen atoms in total. The molecule has 0 radical (unpaired) electrons. The fourth-order valence-electron chi connectivity index (χ4n) is 1.74. The van der Waals surface area contributed by atoms with Crippen molar-refractivity contribution in [1.29, 1.82) is 0 Å². The van der Waals surface area contributed by atoms with Gasteiger partial charge in [-0.25, -0.2) is 0 Å². The van der Waals surface area contributed by atoms with Crippen molar-refractivity contribution in [3.63, 3.8) is 0 Å². The number of hydrogen-bond acceptors (Lipinski definition) is 2. The van der Waals surface area contributed by atoms with Crippen LogP contribution in [0.2, 0.25) is 0 Å². The molecular formula is C11H21NO. The fraction of sp³-hybridized carbons (Fsp3) is 0.818. The van der Waals surface area contributed by atoms with Gasteiger partial charge in [0.1, 0.15) is 5.76 Å². The zero-order chi connectivity index (χ0) is 9.68. The van der Waals surface area contributed by atoms with Gasteiger partial charge in [-0.1, -0.05) is 20.3 Å². The Morgan fingerprint density at radius 2 is 2.38 bits per heavy atom. The van der Waals surface area contributed by atoms with Crippen molar-refractivity contribution < 1.29 is 4.74 Å². The van der Waals surface area contributed by atoms with Gasteiger partial charge in [-0.3, -0.25) is 0 Å². The Bertz CT molecular complexity index is 177. The number of nitrogens with one attached hydrogen (secondary N) is 1. The number of likely N-dealkylation sites (N-methyl/N-ethyl adjacent to an activating group) is 1. The van der Waals surface area contributed by atoms with E-state index in [2.05, 4.69) is 25.2 Å². The number of rotatable bonds is 4. The maximum absolute atomic E-state index is 5.65. The summed E-state index contributed by atoms with van der Waals surface area (Å²) in [7, 11) is 2.01. The quantitative estimate of drug-likeness (QED) is 0.722. The molecule has 0 aromatic heterocycles. The molecule has 1 N–H and O–H groups in total. The lowest BCUT2D eigenvalue weighted by atomic mass is 9.96. The van der Waals surface area contributed by atoms with Crippen LogP contribution in [0.3, 0.4) is 0 Å². The van der Waals surface area contributed by atoms with Crippen molar-refractivity contribution in [2.24, 2.45) is 5.92 Å². The fourth-order valence-corrected chi connectivity index (χ4v) is 1.74. The second-order valence-electron chi connectivity index (χ2n) is 3.75. The van der Waals surface area contributed by atoms with E-state index in [1.165, 1.54) is 19.3 Å². The number of ether oxygens (including phenoxy) is 1. The first-order chi connectivity index (χ1) is 6.29. The molecule has 0 saturated heterocycles. The van der Waals surface area contributed by atoms with Gasteiger partial charge in [0.25, 0.3) is 0 Å². The maximum Gasteiger partial charge on any atom is 0.109 e. The Morgan fingerprint density at radius 1 is 1.62 bits per heavy atom. The summed E-state index contributed by atoms with van der Waals surface area (Å²) in [4.78, 5) is 0. The molecule has 2 heteroatoms. The van der Waals surface area contributed by atoms with E-state index in [0.29, 0.717) is 12.0 Å². The van der Waals surface area contributed by atoms with Gasteiger partial charge >= 0.3 is 0 Å². The first kappa shape index (κ1) is 10.6. The Hall–Kier alpha value is -0.500. The van der Waals surface area contributed by atoms with E-state index in [1.54, 1.807) is 0 Å². The Kier molecular flexibility index (Phi) is 4.29. The van der Waals surface area contributed by atoms with E-state index in [4.69, 9.17) is 4.74 Å². The highest BCUT2D eigenvalue weighted by atomic mass is 16.5. The first-order valence-corrected chi connectivity index (χ1v) is 5.29. The SMILES string of the molecule is CCC(C)C(NC)C1=CCCCO1. The third-order valence-electron chi connectivity index (χ3n) is 2.79. The molecule has 0 fully saturated rings. The molecule has 76 valence electrons. The average Bonchev–Trinajstić information content (AvgIpc) is 2.20. The van der Waals surface area contributed by atoms with Crippen molar-refractivity contribution in [2.75, 3.05) is 13.7 Å². The molecule has 0 bridgehead atoms. The van der Waals surface area contributed by atoms with Gasteiger partial charge in [-0.15, -0.1) is 0 Å². The number of allylic oxidation sites excluding steroid dienone is 1. The third-order valence-corrected chi connectivity index (χ3v) is 2.79. The molecule has 1 heterocycles. The van der Waals surface area contributed by atoms with Gasteiger partial charge in [0.15, 0.2) is 0 Å². The van der Waals surface area contributed by atoms with Crippen molar-refractivity contribution >= 4 is 0 Å². The van der Waals surface area contributed by atoms with Gasteiger partial charge in [0.2, 0.25) is 0 Å². The van der Waals surface area contributed by atoms with Crippen LogP contribution in [-0.2, 0) is 4.74 Å². The minimum Gasteiger partial charge on any atom is -0.497 e. The van der Waals surface area contributed by atoms with Gasteiger partial charge in [0.05, 0.1) is 12.6 Å². The van der Waals surface area contributed by atoms with Crippen LogP contribution in [0.4, 0.5) is 0 Å². The molecule has 1 aliphatic rings. The molecule has 2 unspecified atom stereocenters. The summed E-state index contributed by atoms with van der Waals surface area (Å²) in [6.07, 6.45) is 5.76. The van der Waals surface area contributed by atoms with E-state index in [0.717, 1.165) is 12.4 Å². The summed E-state index contributed by atoms with van der Waals surface area (Å²) < 4.78 is 5.65. The van der Waals surface area contributed by atoms with Crippen molar-refractivity contribution in [3.8, 4) is 0 Å². The van der Waals surface area contributed by atoms with E-state index in [1.807, 2.05) is 7.05 Å². The molecule has 2 atom stereocenters. The monoisotopic (exact) mass is 183 g/mol. The summed E-state index contributed by atoms with van der Waals surface area (Å²) in [5, 5.41) is 3.33. The lowest BCUT2D eigenvalue weighted by molar-refractivity contribution is 0.154. The third kappa shape index (κ3) is 2.73. The van der Waals surface area contributed by atoms with Gasteiger partial charge in [-0.05, 0) is 31.9 Å². The Balaban J connectivity index is 2.58. The summed E-state index contributed by atoms with van der Waals surface area (Å²) in [6, 6.07) is 0.408. The topological polar surface area (TPSA) is 21.3 Å². The predicted octanol–water partition coefficient (Wildman–Crippen LogP) is 2.31. The van der Waals surface area contributed by atoms with Gasteiger partial charge < -0.3 is 10.1 Å². The molecule has 0 spiro atoms. The largest absolute Gasteiger partial charge is 0.497 e.